The standard InChI is InChI=1S/C20H30FN3O3/c1-16(26)24-11-10-22(12-17(13-24)14-25)15-20(27)6-8-23(9-7-20)19-5-3-2-4-18(19)21/h2-5,17,25,27H,6-15H2,1H3/t17-/m1/s1. The number of hydrogen-bond acceptors (Lipinski definition) is 5. The van der Waals surface area contributed by atoms with Gasteiger partial charge in [-0.05, 0) is 25.0 Å². The number of carbonyl (C=O) groups excluding carboxylic acids is 1. The van der Waals surface area contributed by atoms with E-state index in [2.05, 4.69) is 4.90 Å². The maximum atomic E-state index is 14.0. The molecule has 0 spiro atoms. The summed E-state index contributed by atoms with van der Waals surface area (Å²) in [4.78, 5) is 17.6. The van der Waals surface area contributed by atoms with Gasteiger partial charge in [0.15, 0.2) is 0 Å². The fraction of sp³-hybridized carbons (Fsp3) is 0.650. The molecule has 3 rings (SSSR count). The number of halogens is 1. The van der Waals surface area contributed by atoms with Crippen LogP contribution in [-0.2, 0) is 4.79 Å². The molecule has 2 heterocycles. The van der Waals surface area contributed by atoms with Crippen molar-refractivity contribution in [2.75, 3.05) is 57.3 Å². The molecule has 1 aromatic rings. The molecule has 2 aliphatic rings. The van der Waals surface area contributed by atoms with Crippen molar-refractivity contribution in [3.63, 3.8) is 0 Å². The molecule has 2 fully saturated rings. The molecule has 7 heteroatoms. The molecule has 0 bridgehead atoms. The van der Waals surface area contributed by atoms with Crippen molar-refractivity contribution < 1.29 is 19.4 Å². The van der Waals surface area contributed by atoms with Crippen LogP contribution in [0.4, 0.5) is 10.1 Å². The zero-order valence-electron chi connectivity index (χ0n) is 16.0. The van der Waals surface area contributed by atoms with Gasteiger partial charge in [-0.1, -0.05) is 12.1 Å². The average molecular weight is 379 g/mol. The maximum Gasteiger partial charge on any atom is 0.219 e. The SMILES string of the molecule is CC(=O)N1CCN(CC2(O)CCN(c3ccccc3F)CC2)C[C@@H](CO)C1. The molecule has 0 aromatic heterocycles. The summed E-state index contributed by atoms with van der Waals surface area (Å²) in [6, 6.07) is 6.74. The van der Waals surface area contributed by atoms with E-state index < -0.39 is 5.60 Å². The van der Waals surface area contributed by atoms with Gasteiger partial charge in [0.1, 0.15) is 5.82 Å². The zero-order chi connectivity index (χ0) is 19.4. The number of β-amino-alcohol motifs (C(OH)–C–C–N with tert-alkyl or cyclic N) is 1. The van der Waals surface area contributed by atoms with Crippen LogP contribution in [0.1, 0.15) is 19.8 Å². The summed E-state index contributed by atoms with van der Waals surface area (Å²) in [7, 11) is 0. The van der Waals surface area contributed by atoms with Gasteiger partial charge in [0, 0.05) is 65.3 Å². The van der Waals surface area contributed by atoms with E-state index in [1.165, 1.54) is 6.07 Å². The lowest BCUT2D eigenvalue weighted by atomic mass is 9.90. The lowest BCUT2D eigenvalue weighted by Crippen LogP contribution is -2.52. The number of anilines is 1. The third kappa shape index (κ3) is 4.97. The smallest absolute Gasteiger partial charge is 0.219 e. The number of nitrogens with zero attached hydrogens (tertiary/aromatic N) is 3. The Hall–Kier alpha value is -1.70. The van der Waals surface area contributed by atoms with Crippen LogP contribution in [0.5, 0.6) is 0 Å². The lowest BCUT2D eigenvalue weighted by Gasteiger charge is -2.42. The Bertz CT molecular complexity index is 649. The summed E-state index contributed by atoms with van der Waals surface area (Å²) < 4.78 is 14.0. The monoisotopic (exact) mass is 379 g/mol. The number of aliphatic hydroxyl groups excluding tert-OH is 1. The molecule has 2 N–H and O–H groups in total. The molecule has 0 saturated carbocycles. The van der Waals surface area contributed by atoms with Gasteiger partial charge in [-0.15, -0.1) is 0 Å². The number of piperidine rings is 1. The molecule has 2 saturated heterocycles. The summed E-state index contributed by atoms with van der Waals surface area (Å²) in [5.41, 5.74) is -0.237. The van der Waals surface area contributed by atoms with E-state index in [9.17, 15) is 19.4 Å². The highest BCUT2D eigenvalue weighted by atomic mass is 19.1. The Balaban J connectivity index is 1.59. The van der Waals surface area contributed by atoms with Gasteiger partial charge in [0.25, 0.3) is 0 Å². The van der Waals surface area contributed by atoms with Crippen molar-refractivity contribution in [2.45, 2.75) is 25.4 Å². The fourth-order valence-electron chi connectivity index (χ4n) is 4.17. The Morgan fingerprint density at radius 1 is 1.19 bits per heavy atom. The first-order valence-corrected chi connectivity index (χ1v) is 9.71. The molecule has 150 valence electrons. The Kier molecular flexibility index (Phi) is 6.34. The number of rotatable bonds is 4. The number of aliphatic hydroxyl groups is 2. The summed E-state index contributed by atoms with van der Waals surface area (Å²) in [5, 5.41) is 20.7. The molecule has 27 heavy (non-hydrogen) atoms. The highest BCUT2D eigenvalue weighted by molar-refractivity contribution is 5.73. The van der Waals surface area contributed by atoms with Gasteiger partial charge in [-0.25, -0.2) is 4.39 Å². The molecular weight excluding hydrogens is 349 g/mol. The van der Waals surface area contributed by atoms with E-state index in [4.69, 9.17) is 0 Å². The van der Waals surface area contributed by atoms with E-state index in [0.29, 0.717) is 64.3 Å². The largest absolute Gasteiger partial charge is 0.396 e. The first kappa shape index (κ1) is 20.0. The average Bonchev–Trinajstić information content (AvgIpc) is 2.85. The Labute approximate surface area is 160 Å². The van der Waals surface area contributed by atoms with Gasteiger partial charge < -0.3 is 20.0 Å². The maximum absolute atomic E-state index is 14.0. The first-order chi connectivity index (χ1) is 12.9. The molecule has 0 aliphatic carbocycles. The van der Waals surface area contributed by atoms with Crippen LogP contribution in [0.15, 0.2) is 24.3 Å². The van der Waals surface area contributed by atoms with Crippen LogP contribution < -0.4 is 4.90 Å². The summed E-state index contributed by atoms with van der Waals surface area (Å²) in [6.07, 6.45) is 1.14. The quantitative estimate of drug-likeness (QED) is 0.815. The van der Waals surface area contributed by atoms with Crippen molar-refractivity contribution in [3.8, 4) is 0 Å². The van der Waals surface area contributed by atoms with E-state index in [1.54, 1.807) is 24.0 Å². The van der Waals surface area contributed by atoms with Gasteiger partial charge in [0.05, 0.1) is 11.3 Å². The van der Waals surface area contributed by atoms with Crippen LogP contribution in [0.25, 0.3) is 0 Å². The van der Waals surface area contributed by atoms with Crippen molar-refractivity contribution in [3.05, 3.63) is 30.1 Å². The molecule has 2 aliphatic heterocycles. The number of hydrogen-bond donors (Lipinski definition) is 2. The van der Waals surface area contributed by atoms with Gasteiger partial charge in [-0.2, -0.15) is 0 Å². The van der Waals surface area contributed by atoms with E-state index in [-0.39, 0.29) is 24.2 Å². The van der Waals surface area contributed by atoms with Gasteiger partial charge >= 0.3 is 0 Å². The zero-order valence-corrected chi connectivity index (χ0v) is 16.0. The minimum atomic E-state index is -0.826. The number of amides is 1. The van der Waals surface area contributed by atoms with Crippen LogP contribution in [0.2, 0.25) is 0 Å². The van der Waals surface area contributed by atoms with Crippen LogP contribution in [-0.4, -0.2) is 83.9 Å². The molecule has 0 unspecified atom stereocenters. The third-order valence-corrected chi connectivity index (χ3v) is 5.79. The number of para-hydroxylation sites is 1. The fourth-order valence-corrected chi connectivity index (χ4v) is 4.17. The van der Waals surface area contributed by atoms with Crippen LogP contribution in [0, 0.1) is 11.7 Å². The third-order valence-electron chi connectivity index (χ3n) is 5.79. The van der Waals surface area contributed by atoms with Crippen molar-refractivity contribution in [1.29, 1.82) is 0 Å². The van der Waals surface area contributed by atoms with Gasteiger partial charge in [0.2, 0.25) is 5.91 Å². The molecular formula is C20H30FN3O3. The predicted molar refractivity (Wildman–Crippen MR) is 102 cm³/mol. The normalized spacial score (nSPS) is 23.9. The van der Waals surface area contributed by atoms with E-state index in [0.717, 1.165) is 0 Å². The number of benzene rings is 1. The van der Waals surface area contributed by atoms with Crippen LogP contribution >= 0.6 is 0 Å². The molecule has 1 amide bonds. The van der Waals surface area contributed by atoms with Crippen molar-refractivity contribution in [2.24, 2.45) is 5.92 Å². The highest BCUT2D eigenvalue weighted by Crippen LogP contribution is 2.29. The topological polar surface area (TPSA) is 67.2 Å². The highest BCUT2D eigenvalue weighted by Gasteiger charge is 2.36. The summed E-state index contributed by atoms with van der Waals surface area (Å²) in [6.45, 7) is 5.83. The van der Waals surface area contributed by atoms with E-state index in [1.807, 2.05) is 11.0 Å². The molecule has 1 atom stereocenters. The number of carbonyl (C=O) groups is 1. The second-order valence-electron chi connectivity index (χ2n) is 7.91. The van der Waals surface area contributed by atoms with Gasteiger partial charge in [-0.3, -0.25) is 9.69 Å². The Morgan fingerprint density at radius 2 is 1.89 bits per heavy atom. The predicted octanol–water partition coefficient (Wildman–Crippen LogP) is 0.930. The molecule has 1 aromatic carbocycles. The summed E-state index contributed by atoms with van der Waals surface area (Å²) in [5.74, 6) is -0.212. The summed E-state index contributed by atoms with van der Waals surface area (Å²) >= 11 is 0. The first-order valence-electron chi connectivity index (χ1n) is 9.71. The van der Waals surface area contributed by atoms with Crippen LogP contribution in [0.3, 0.4) is 0 Å². The Morgan fingerprint density at radius 3 is 2.52 bits per heavy atom. The minimum absolute atomic E-state index is 0.00139. The molecule has 0 radical (unpaired) electrons. The van der Waals surface area contributed by atoms with E-state index >= 15 is 0 Å². The molecule has 6 nitrogen and oxygen atoms in total. The minimum Gasteiger partial charge on any atom is -0.396 e. The van der Waals surface area contributed by atoms with Crippen molar-refractivity contribution in [1.82, 2.24) is 9.80 Å². The second-order valence-corrected chi connectivity index (χ2v) is 7.91. The second kappa shape index (κ2) is 8.54. The lowest BCUT2D eigenvalue weighted by molar-refractivity contribution is -0.129. The van der Waals surface area contributed by atoms with Crippen molar-refractivity contribution >= 4 is 11.6 Å².